The van der Waals surface area contributed by atoms with Gasteiger partial charge in [0.05, 0.1) is 11.9 Å². The first-order chi connectivity index (χ1) is 16.9. The quantitative estimate of drug-likeness (QED) is 0.272. The van der Waals surface area contributed by atoms with Crippen molar-refractivity contribution in [3.05, 3.63) is 100 Å². The SMILES string of the molecule is NC(=S)N/N=C/c1cc(F)c(N2CCN(Cc3ccccc3Cl)[C@@H](Cc3ccccc3)C2)cc1F. The van der Waals surface area contributed by atoms with E-state index >= 15 is 4.39 Å². The van der Waals surface area contributed by atoms with Crippen LogP contribution >= 0.6 is 23.8 Å². The van der Waals surface area contributed by atoms with Gasteiger partial charge >= 0.3 is 0 Å². The zero-order valence-corrected chi connectivity index (χ0v) is 20.6. The minimum atomic E-state index is -0.576. The Morgan fingerprint density at radius 1 is 1.09 bits per heavy atom. The number of hydrogen-bond donors (Lipinski definition) is 2. The third-order valence-corrected chi connectivity index (χ3v) is 6.50. The van der Waals surface area contributed by atoms with Gasteiger partial charge in [-0.3, -0.25) is 10.3 Å². The van der Waals surface area contributed by atoms with Gasteiger partial charge in [0, 0.05) is 48.9 Å². The molecule has 3 aromatic rings. The molecule has 0 unspecified atom stereocenters. The van der Waals surface area contributed by atoms with Gasteiger partial charge < -0.3 is 10.6 Å². The molecule has 35 heavy (non-hydrogen) atoms. The lowest BCUT2D eigenvalue weighted by molar-refractivity contribution is 0.166. The second-order valence-corrected chi connectivity index (χ2v) is 9.26. The molecule has 1 saturated heterocycles. The fourth-order valence-corrected chi connectivity index (χ4v) is 4.55. The van der Waals surface area contributed by atoms with Crippen LogP contribution in [0.4, 0.5) is 14.5 Å². The number of anilines is 1. The summed E-state index contributed by atoms with van der Waals surface area (Å²) in [7, 11) is 0. The summed E-state index contributed by atoms with van der Waals surface area (Å²) in [5, 5.41) is 4.39. The lowest BCUT2D eigenvalue weighted by Crippen LogP contribution is -2.54. The predicted molar refractivity (Wildman–Crippen MR) is 142 cm³/mol. The van der Waals surface area contributed by atoms with Crippen molar-refractivity contribution in [3.8, 4) is 0 Å². The van der Waals surface area contributed by atoms with Crippen LogP contribution < -0.4 is 16.1 Å². The molecule has 4 rings (SSSR count). The number of nitrogens with one attached hydrogen (secondary N) is 1. The van der Waals surface area contributed by atoms with Crippen LogP contribution in [0.25, 0.3) is 0 Å². The van der Waals surface area contributed by atoms with Gasteiger partial charge in [-0.15, -0.1) is 0 Å². The number of nitrogens with zero attached hydrogens (tertiary/aromatic N) is 3. The summed E-state index contributed by atoms with van der Waals surface area (Å²) in [6.07, 6.45) is 1.93. The number of hydrogen-bond acceptors (Lipinski definition) is 4. The molecule has 0 radical (unpaired) electrons. The van der Waals surface area contributed by atoms with E-state index in [9.17, 15) is 4.39 Å². The molecule has 0 bridgehead atoms. The molecule has 0 aromatic heterocycles. The van der Waals surface area contributed by atoms with E-state index in [2.05, 4.69) is 39.8 Å². The highest BCUT2D eigenvalue weighted by molar-refractivity contribution is 7.80. The normalized spacial score (nSPS) is 16.5. The molecule has 0 saturated carbocycles. The first-order valence-electron chi connectivity index (χ1n) is 11.2. The van der Waals surface area contributed by atoms with Gasteiger partial charge in [-0.25, -0.2) is 8.78 Å². The molecule has 0 aliphatic carbocycles. The Morgan fingerprint density at radius 2 is 1.83 bits per heavy atom. The first kappa shape index (κ1) is 25.0. The third-order valence-electron chi connectivity index (χ3n) is 6.04. The molecule has 0 amide bonds. The van der Waals surface area contributed by atoms with E-state index in [0.29, 0.717) is 26.2 Å². The summed E-state index contributed by atoms with van der Waals surface area (Å²) in [6, 6.07) is 20.4. The van der Waals surface area contributed by atoms with Crippen LogP contribution in [0, 0.1) is 11.6 Å². The molecule has 9 heteroatoms. The highest BCUT2D eigenvalue weighted by atomic mass is 35.5. The zero-order chi connectivity index (χ0) is 24.8. The Bertz CT molecular complexity index is 1210. The molecule has 3 N–H and O–H groups in total. The smallest absolute Gasteiger partial charge is 0.184 e. The van der Waals surface area contributed by atoms with Crippen molar-refractivity contribution in [2.75, 3.05) is 24.5 Å². The third kappa shape index (κ3) is 6.54. The van der Waals surface area contributed by atoms with Crippen molar-refractivity contribution >= 4 is 40.8 Å². The van der Waals surface area contributed by atoms with Crippen molar-refractivity contribution in [1.82, 2.24) is 10.3 Å². The Balaban J connectivity index is 1.56. The molecule has 1 fully saturated rings. The summed E-state index contributed by atoms with van der Waals surface area (Å²) in [6.45, 7) is 2.48. The van der Waals surface area contributed by atoms with Crippen LogP contribution in [0.2, 0.25) is 5.02 Å². The summed E-state index contributed by atoms with van der Waals surface area (Å²) in [5.41, 5.74) is 10.1. The number of rotatable bonds is 7. The maximum Gasteiger partial charge on any atom is 0.184 e. The van der Waals surface area contributed by atoms with Gasteiger partial charge in [0.2, 0.25) is 0 Å². The van der Waals surface area contributed by atoms with Crippen molar-refractivity contribution in [2.24, 2.45) is 10.8 Å². The second kappa shape index (κ2) is 11.6. The molecule has 3 aromatic carbocycles. The zero-order valence-electron chi connectivity index (χ0n) is 19.0. The van der Waals surface area contributed by atoms with E-state index in [0.717, 1.165) is 29.3 Å². The molecule has 1 atom stereocenters. The molecule has 182 valence electrons. The molecular weight excluding hydrogens is 488 g/mol. The molecule has 1 aliphatic rings. The summed E-state index contributed by atoms with van der Waals surface area (Å²) in [5.74, 6) is -1.09. The second-order valence-electron chi connectivity index (χ2n) is 8.41. The number of benzene rings is 3. The van der Waals surface area contributed by atoms with Gasteiger partial charge in [0.15, 0.2) is 5.11 Å². The molecule has 0 spiro atoms. The summed E-state index contributed by atoms with van der Waals surface area (Å²) >= 11 is 11.1. The molecule has 5 nitrogen and oxygen atoms in total. The average Bonchev–Trinajstić information content (AvgIpc) is 2.84. The number of thiocarbonyl (C=S) groups is 1. The van der Waals surface area contributed by atoms with E-state index in [-0.39, 0.29) is 22.4 Å². The Labute approximate surface area is 214 Å². The van der Waals surface area contributed by atoms with Gasteiger partial charge in [0.1, 0.15) is 11.6 Å². The maximum absolute atomic E-state index is 15.1. The monoisotopic (exact) mass is 513 g/mol. The van der Waals surface area contributed by atoms with Gasteiger partial charge in [-0.1, -0.05) is 60.1 Å². The van der Waals surface area contributed by atoms with Crippen molar-refractivity contribution in [3.63, 3.8) is 0 Å². The summed E-state index contributed by atoms with van der Waals surface area (Å²) < 4.78 is 29.8. The van der Waals surface area contributed by atoms with Crippen molar-refractivity contribution in [1.29, 1.82) is 0 Å². The number of nitrogens with two attached hydrogens (primary N) is 1. The van der Waals surface area contributed by atoms with Gasteiger partial charge in [-0.05, 0) is 41.9 Å². The fourth-order valence-electron chi connectivity index (χ4n) is 4.30. The summed E-state index contributed by atoms with van der Waals surface area (Å²) in [4.78, 5) is 4.27. The number of piperazine rings is 1. The molecule has 1 aliphatic heterocycles. The highest BCUT2D eigenvalue weighted by Gasteiger charge is 2.29. The minimum Gasteiger partial charge on any atom is -0.375 e. The maximum atomic E-state index is 15.1. The molecule has 1 heterocycles. The lowest BCUT2D eigenvalue weighted by atomic mass is 10.0. The van der Waals surface area contributed by atoms with Crippen LogP contribution in [0.1, 0.15) is 16.7 Å². The van der Waals surface area contributed by atoms with E-state index in [1.807, 2.05) is 47.4 Å². The largest absolute Gasteiger partial charge is 0.375 e. The Kier molecular flexibility index (Phi) is 8.28. The van der Waals surface area contributed by atoms with E-state index in [1.54, 1.807) is 0 Å². The van der Waals surface area contributed by atoms with Gasteiger partial charge in [0.25, 0.3) is 0 Å². The standard InChI is InChI=1S/C26H26ClF2N5S/c27-22-9-5-4-8-19(22)16-33-10-11-34(17-21(33)12-18-6-2-1-3-7-18)25-14-23(28)20(13-24(25)29)15-31-32-26(30)35/h1-9,13-15,21H,10-12,16-17H2,(H3,30,32,35)/b31-15+/t21-/m0/s1. The Hall–Kier alpha value is -3.07. The number of halogens is 3. The van der Waals surface area contributed by atoms with E-state index in [4.69, 9.17) is 17.3 Å². The Morgan fingerprint density at radius 3 is 2.57 bits per heavy atom. The predicted octanol–water partition coefficient (Wildman–Crippen LogP) is 4.72. The van der Waals surface area contributed by atoms with Crippen molar-refractivity contribution in [2.45, 2.75) is 19.0 Å². The van der Waals surface area contributed by atoms with E-state index < -0.39 is 11.6 Å². The lowest BCUT2D eigenvalue weighted by Gasteiger charge is -2.43. The van der Waals surface area contributed by atoms with Crippen LogP contribution in [0.15, 0.2) is 71.8 Å². The van der Waals surface area contributed by atoms with Gasteiger partial charge in [-0.2, -0.15) is 5.10 Å². The van der Waals surface area contributed by atoms with E-state index in [1.165, 1.54) is 11.6 Å². The first-order valence-corrected chi connectivity index (χ1v) is 12.0. The average molecular weight is 514 g/mol. The van der Waals surface area contributed by atoms with Crippen molar-refractivity contribution < 1.29 is 8.78 Å². The molecular formula is C26H26ClF2N5S. The highest BCUT2D eigenvalue weighted by Crippen LogP contribution is 2.28. The van der Waals surface area contributed by atoms with Crippen LogP contribution in [0.3, 0.4) is 0 Å². The minimum absolute atomic E-state index is 0.00758. The fraction of sp³-hybridized carbons (Fsp3) is 0.231. The van der Waals surface area contributed by atoms with Crippen LogP contribution in [0.5, 0.6) is 0 Å². The van der Waals surface area contributed by atoms with Crippen LogP contribution in [-0.2, 0) is 13.0 Å². The number of hydrazone groups is 1. The van der Waals surface area contributed by atoms with Crippen LogP contribution in [-0.4, -0.2) is 41.9 Å². The topological polar surface area (TPSA) is 56.9 Å².